The van der Waals surface area contributed by atoms with Crippen LogP contribution < -0.4 is 10.1 Å². The van der Waals surface area contributed by atoms with Crippen molar-refractivity contribution in [2.24, 2.45) is 0 Å². The molecule has 1 fully saturated rings. The molecule has 1 aliphatic heterocycles. The van der Waals surface area contributed by atoms with E-state index in [1.54, 1.807) is 49.3 Å². The Hall–Kier alpha value is -2.91. The van der Waals surface area contributed by atoms with E-state index in [1.807, 2.05) is 0 Å². The van der Waals surface area contributed by atoms with Gasteiger partial charge in [0, 0.05) is 37.8 Å². The van der Waals surface area contributed by atoms with Crippen molar-refractivity contribution in [1.82, 2.24) is 15.0 Å². The van der Waals surface area contributed by atoms with Crippen LogP contribution in [0.3, 0.4) is 0 Å². The number of hydrogen-bond donors (Lipinski definition) is 1. The fourth-order valence-corrected chi connectivity index (χ4v) is 3.28. The van der Waals surface area contributed by atoms with Crippen LogP contribution in [0.5, 0.6) is 5.75 Å². The topological polar surface area (TPSA) is 97.1 Å². The second-order valence-electron chi connectivity index (χ2n) is 7.14. The molecule has 0 atom stereocenters. The quantitative estimate of drug-likeness (QED) is 0.666. The zero-order valence-electron chi connectivity index (χ0n) is 17.4. The highest BCUT2D eigenvalue weighted by Crippen LogP contribution is 2.15. The summed E-state index contributed by atoms with van der Waals surface area (Å²) in [5.41, 5.74) is 0.478. The van der Waals surface area contributed by atoms with Crippen molar-refractivity contribution in [1.29, 1.82) is 0 Å². The van der Waals surface area contributed by atoms with Gasteiger partial charge in [0.25, 0.3) is 5.91 Å². The number of nitrogens with one attached hydrogen (secondary N) is 1. The number of morpholine rings is 1. The van der Waals surface area contributed by atoms with E-state index < -0.39 is 0 Å². The molecule has 9 nitrogen and oxygen atoms in total. The average Bonchev–Trinajstić information content (AvgIpc) is 3.17. The van der Waals surface area contributed by atoms with Crippen molar-refractivity contribution in [3.8, 4) is 5.75 Å². The summed E-state index contributed by atoms with van der Waals surface area (Å²) in [6.45, 7) is 6.19. The summed E-state index contributed by atoms with van der Waals surface area (Å²) in [6.07, 6.45) is 0.756. The largest absolute Gasteiger partial charge is 0.497 e. The molecule has 0 bridgehead atoms. The maximum Gasteiger partial charge on any atom is 0.254 e. The molecule has 3 rings (SSSR count). The van der Waals surface area contributed by atoms with Crippen LogP contribution in [0, 0.1) is 6.92 Å². The van der Waals surface area contributed by atoms with Crippen LogP contribution in [0.15, 0.2) is 34.9 Å². The molecule has 2 aromatic rings. The van der Waals surface area contributed by atoms with E-state index in [2.05, 4.69) is 15.4 Å². The van der Waals surface area contributed by atoms with Crippen molar-refractivity contribution in [3.05, 3.63) is 41.7 Å². The van der Waals surface area contributed by atoms with Crippen LogP contribution in [0.2, 0.25) is 0 Å². The number of aromatic nitrogens is 1. The molecular weight excluding hydrogens is 388 g/mol. The maximum atomic E-state index is 13.1. The van der Waals surface area contributed by atoms with Crippen molar-refractivity contribution in [2.75, 3.05) is 58.4 Å². The van der Waals surface area contributed by atoms with Crippen molar-refractivity contribution < 1.29 is 23.6 Å². The van der Waals surface area contributed by atoms with Gasteiger partial charge in [0.2, 0.25) is 5.91 Å². The van der Waals surface area contributed by atoms with Gasteiger partial charge in [0.15, 0.2) is 5.82 Å². The Labute approximate surface area is 175 Å². The number of anilines is 1. The molecule has 1 aromatic heterocycles. The van der Waals surface area contributed by atoms with Gasteiger partial charge in [-0.3, -0.25) is 14.5 Å². The first kappa shape index (κ1) is 21.8. The van der Waals surface area contributed by atoms with E-state index in [0.717, 1.165) is 39.3 Å². The minimum absolute atomic E-state index is 0.0783. The van der Waals surface area contributed by atoms with Gasteiger partial charge in [-0.25, -0.2) is 0 Å². The van der Waals surface area contributed by atoms with Crippen LogP contribution in [-0.4, -0.2) is 79.8 Å². The standard InChI is InChI=1S/C21H28N4O5/c1-16-13-19(23-30-16)22-20(26)15-25(8-4-7-24-9-11-29-12-10-24)21(27)17-5-3-6-18(14-17)28-2/h3,5-6,13-14H,4,7-12,15H2,1-2H3,(H,22,23,26). The molecule has 2 heterocycles. The Kier molecular flexibility index (Phi) is 7.81. The minimum Gasteiger partial charge on any atom is -0.497 e. The van der Waals surface area contributed by atoms with Crippen LogP contribution >= 0.6 is 0 Å². The zero-order chi connectivity index (χ0) is 21.3. The van der Waals surface area contributed by atoms with Crippen LogP contribution in [0.1, 0.15) is 22.5 Å². The molecule has 30 heavy (non-hydrogen) atoms. The summed E-state index contributed by atoms with van der Waals surface area (Å²) < 4.78 is 15.6. The SMILES string of the molecule is COc1cccc(C(=O)N(CCCN2CCOCC2)CC(=O)Nc2cc(C)on2)c1. The molecular formula is C21H28N4O5. The van der Waals surface area contributed by atoms with Crippen molar-refractivity contribution in [2.45, 2.75) is 13.3 Å². The van der Waals surface area contributed by atoms with E-state index in [-0.39, 0.29) is 18.4 Å². The highest BCUT2D eigenvalue weighted by atomic mass is 16.5. The Morgan fingerprint density at radius 3 is 2.77 bits per heavy atom. The average molecular weight is 416 g/mol. The summed E-state index contributed by atoms with van der Waals surface area (Å²) >= 11 is 0. The summed E-state index contributed by atoms with van der Waals surface area (Å²) in [7, 11) is 1.55. The Morgan fingerprint density at radius 2 is 2.07 bits per heavy atom. The number of benzene rings is 1. The van der Waals surface area contributed by atoms with Gasteiger partial charge >= 0.3 is 0 Å². The molecule has 162 valence electrons. The number of aryl methyl sites for hydroxylation is 1. The number of ether oxygens (including phenoxy) is 2. The molecule has 2 amide bonds. The highest BCUT2D eigenvalue weighted by Gasteiger charge is 2.21. The van der Waals surface area contributed by atoms with E-state index in [9.17, 15) is 9.59 Å². The number of carbonyl (C=O) groups excluding carboxylic acids is 2. The lowest BCUT2D eigenvalue weighted by Gasteiger charge is -2.28. The first-order chi connectivity index (χ1) is 14.5. The lowest BCUT2D eigenvalue weighted by atomic mass is 10.1. The first-order valence-corrected chi connectivity index (χ1v) is 10.0. The normalized spacial score (nSPS) is 14.3. The number of carbonyl (C=O) groups is 2. The van der Waals surface area contributed by atoms with Gasteiger partial charge in [-0.2, -0.15) is 0 Å². The Balaban J connectivity index is 1.64. The van der Waals surface area contributed by atoms with Crippen molar-refractivity contribution in [3.63, 3.8) is 0 Å². The summed E-state index contributed by atoms with van der Waals surface area (Å²) in [5.74, 6) is 0.977. The molecule has 1 N–H and O–H groups in total. The smallest absolute Gasteiger partial charge is 0.254 e. The van der Waals surface area contributed by atoms with E-state index >= 15 is 0 Å². The number of methoxy groups -OCH3 is 1. The van der Waals surface area contributed by atoms with Gasteiger partial charge in [-0.1, -0.05) is 11.2 Å². The molecule has 0 saturated carbocycles. The first-order valence-electron chi connectivity index (χ1n) is 10.0. The number of amides is 2. The predicted molar refractivity (Wildman–Crippen MR) is 111 cm³/mol. The second-order valence-corrected chi connectivity index (χ2v) is 7.14. The molecule has 0 unspecified atom stereocenters. The molecule has 9 heteroatoms. The summed E-state index contributed by atoms with van der Waals surface area (Å²) in [4.78, 5) is 29.5. The summed E-state index contributed by atoms with van der Waals surface area (Å²) in [5, 5.41) is 6.44. The van der Waals surface area contributed by atoms with E-state index in [4.69, 9.17) is 14.0 Å². The van der Waals surface area contributed by atoms with Gasteiger partial charge in [-0.15, -0.1) is 0 Å². The number of rotatable bonds is 9. The number of nitrogens with zero attached hydrogens (tertiary/aromatic N) is 3. The summed E-state index contributed by atoms with van der Waals surface area (Å²) in [6, 6.07) is 8.56. The monoisotopic (exact) mass is 416 g/mol. The molecule has 1 saturated heterocycles. The van der Waals surface area contributed by atoms with Gasteiger partial charge < -0.3 is 24.2 Å². The van der Waals surface area contributed by atoms with Gasteiger partial charge in [0.05, 0.1) is 20.3 Å². The minimum atomic E-state index is -0.328. The molecule has 0 spiro atoms. The predicted octanol–water partition coefficient (Wildman–Crippen LogP) is 1.79. The maximum absolute atomic E-state index is 13.1. The Morgan fingerprint density at radius 1 is 1.27 bits per heavy atom. The zero-order valence-corrected chi connectivity index (χ0v) is 17.4. The Bertz CT molecular complexity index is 847. The van der Waals surface area contributed by atoms with Crippen LogP contribution in [-0.2, 0) is 9.53 Å². The van der Waals surface area contributed by atoms with Crippen LogP contribution in [0.25, 0.3) is 0 Å². The fourth-order valence-electron chi connectivity index (χ4n) is 3.28. The molecule has 1 aliphatic rings. The van der Waals surface area contributed by atoms with Crippen molar-refractivity contribution >= 4 is 17.6 Å². The highest BCUT2D eigenvalue weighted by molar-refractivity contribution is 5.99. The lowest BCUT2D eigenvalue weighted by molar-refractivity contribution is -0.117. The van der Waals surface area contributed by atoms with Gasteiger partial charge in [0.1, 0.15) is 18.1 Å². The number of hydrogen-bond acceptors (Lipinski definition) is 7. The third-order valence-electron chi connectivity index (χ3n) is 4.84. The van der Waals surface area contributed by atoms with Crippen LogP contribution in [0.4, 0.5) is 5.82 Å². The molecule has 0 aliphatic carbocycles. The lowest BCUT2D eigenvalue weighted by Crippen LogP contribution is -2.41. The third kappa shape index (κ3) is 6.30. The molecule has 0 radical (unpaired) electrons. The molecule has 1 aromatic carbocycles. The fraction of sp³-hybridized carbons (Fsp3) is 0.476. The van der Waals surface area contributed by atoms with E-state index in [0.29, 0.717) is 29.4 Å². The third-order valence-corrected chi connectivity index (χ3v) is 4.84. The van der Waals surface area contributed by atoms with Gasteiger partial charge in [-0.05, 0) is 31.5 Å². The second kappa shape index (κ2) is 10.7. The van der Waals surface area contributed by atoms with E-state index in [1.165, 1.54) is 0 Å².